The molecular formula is C12H11NO5S2. The van der Waals surface area contributed by atoms with Crippen molar-refractivity contribution in [3.05, 3.63) is 54.6 Å². The van der Waals surface area contributed by atoms with Crippen LogP contribution in [0.3, 0.4) is 0 Å². The quantitative estimate of drug-likeness (QED) is 0.851. The number of rotatable bonds is 4. The molecule has 2 aromatic rings. The van der Waals surface area contributed by atoms with Gasteiger partial charge in [-0.15, -0.1) is 0 Å². The second-order valence-electron chi connectivity index (χ2n) is 3.84. The minimum Gasteiger partial charge on any atom is -0.378 e. The van der Waals surface area contributed by atoms with E-state index in [9.17, 15) is 16.8 Å². The fourth-order valence-corrected chi connectivity index (χ4v) is 3.19. The number of primary sulfonamides is 1. The van der Waals surface area contributed by atoms with Crippen molar-refractivity contribution in [3.8, 4) is 5.75 Å². The molecule has 0 heterocycles. The number of para-hydroxylation sites is 1. The summed E-state index contributed by atoms with van der Waals surface area (Å²) in [6, 6.07) is 12.7. The van der Waals surface area contributed by atoms with Gasteiger partial charge in [-0.25, -0.2) is 13.6 Å². The molecule has 0 atom stereocenters. The number of hydrogen-bond acceptors (Lipinski definition) is 5. The second kappa shape index (κ2) is 5.23. The molecule has 0 saturated heterocycles. The summed E-state index contributed by atoms with van der Waals surface area (Å²) >= 11 is 0. The van der Waals surface area contributed by atoms with Gasteiger partial charge in [0.1, 0.15) is 9.79 Å². The zero-order valence-electron chi connectivity index (χ0n) is 10.1. The predicted molar refractivity (Wildman–Crippen MR) is 72.1 cm³/mol. The van der Waals surface area contributed by atoms with Gasteiger partial charge in [0.2, 0.25) is 10.0 Å². The summed E-state index contributed by atoms with van der Waals surface area (Å²) in [5.41, 5.74) is 0. The molecular weight excluding hydrogens is 302 g/mol. The van der Waals surface area contributed by atoms with Crippen molar-refractivity contribution >= 4 is 20.1 Å². The Labute approximate surface area is 117 Å². The molecule has 0 fully saturated rings. The Bertz CT molecular complexity index is 814. The third-order valence-electron chi connectivity index (χ3n) is 2.39. The summed E-state index contributed by atoms with van der Waals surface area (Å²) in [6.45, 7) is 0. The predicted octanol–water partition coefficient (Wildman–Crippen LogP) is 1.10. The van der Waals surface area contributed by atoms with Crippen LogP contribution in [0.5, 0.6) is 5.75 Å². The molecule has 6 nitrogen and oxygen atoms in total. The average molecular weight is 313 g/mol. The maximum absolute atomic E-state index is 12.0. The first-order chi connectivity index (χ1) is 9.31. The van der Waals surface area contributed by atoms with Crippen LogP contribution in [0, 0.1) is 0 Å². The third-order valence-corrected chi connectivity index (χ3v) is 4.59. The van der Waals surface area contributed by atoms with Gasteiger partial charge in [-0.3, -0.25) is 0 Å². The van der Waals surface area contributed by atoms with Crippen LogP contribution in [-0.4, -0.2) is 16.8 Å². The van der Waals surface area contributed by atoms with Crippen molar-refractivity contribution in [1.82, 2.24) is 0 Å². The lowest BCUT2D eigenvalue weighted by molar-refractivity contribution is 0.478. The fourth-order valence-electron chi connectivity index (χ4n) is 1.51. The first-order valence-corrected chi connectivity index (χ1v) is 8.37. The van der Waals surface area contributed by atoms with E-state index < -0.39 is 20.1 Å². The third kappa shape index (κ3) is 3.16. The van der Waals surface area contributed by atoms with E-state index >= 15 is 0 Å². The summed E-state index contributed by atoms with van der Waals surface area (Å²) in [5, 5.41) is 5.01. The van der Waals surface area contributed by atoms with E-state index in [0.29, 0.717) is 0 Å². The van der Waals surface area contributed by atoms with E-state index in [4.69, 9.17) is 9.32 Å². The molecule has 2 N–H and O–H groups in total. The Morgan fingerprint density at radius 1 is 0.800 bits per heavy atom. The van der Waals surface area contributed by atoms with E-state index in [0.717, 1.165) is 0 Å². The number of hydrogen-bond donors (Lipinski definition) is 1. The van der Waals surface area contributed by atoms with Crippen molar-refractivity contribution in [3.63, 3.8) is 0 Å². The van der Waals surface area contributed by atoms with Crippen LogP contribution in [0.4, 0.5) is 0 Å². The Morgan fingerprint density at radius 2 is 1.35 bits per heavy atom. The van der Waals surface area contributed by atoms with Crippen molar-refractivity contribution < 1.29 is 21.0 Å². The Hall–Kier alpha value is -1.90. The van der Waals surface area contributed by atoms with Crippen LogP contribution in [0.15, 0.2) is 64.4 Å². The van der Waals surface area contributed by atoms with Gasteiger partial charge < -0.3 is 4.18 Å². The molecule has 0 radical (unpaired) electrons. The highest BCUT2D eigenvalue weighted by atomic mass is 32.2. The number of sulfonamides is 1. The molecule has 0 aromatic heterocycles. The summed E-state index contributed by atoms with van der Waals surface area (Å²) < 4.78 is 51.7. The molecule has 2 rings (SSSR count). The first kappa shape index (κ1) is 14.5. The highest BCUT2D eigenvalue weighted by Crippen LogP contribution is 2.25. The number of nitrogens with two attached hydrogens (primary N) is 1. The minimum atomic E-state index is -4.12. The van der Waals surface area contributed by atoms with Gasteiger partial charge in [0, 0.05) is 0 Å². The van der Waals surface area contributed by atoms with Crippen LogP contribution in [-0.2, 0) is 20.1 Å². The van der Waals surface area contributed by atoms with Gasteiger partial charge in [-0.1, -0.05) is 30.3 Å². The van der Waals surface area contributed by atoms with Crippen molar-refractivity contribution in [2.24, 2.45) is 5.14 Å². The highest BCUT2D eigenvalue weighted by molar-refractivity contribution is 7.89. The molecule has 0 aliphatic carbocycles. The zero-order chi connectivity index (χ0) is 14.8. The van der Waals surface area contributed by atoms with Gasteiger partial charge in [0.15, 0.2) is 5.75 Å². The lowest BCUT2D eigenvalue weighted by atomic mass is 10.3. The molecule has 20 heavy (non-hydrogen) atoms. The lowest BCUT2D eigenvalue weighted by Crippen LogP contribution is -2.16. The summed E-state index contributed by atoms with van der Waals surface area (Å²) in [5.74, 6) is -0.334. The Morgan fingerprint density at radius 3 is 1.95 bits per heavy atom. The van der Waals surface area contributed by atoms with E-state index in [2.05, 4.69) is 0 Å². The van der Waals surface area contributed by atoms with Gasteiger partial charge >= 0.3 is 10.1 Å². The molecule has 2 aromatic carbocycles. The molecule has 0 saturated carbocycles. The fraction of sp³-hybridized carbons (Fsp3) is 0. The molecule has 0 amide bonds. The minimum absolute atomic E-state index is 0.0794. The summed E-state index contributed by atoms with van der Waals surface area (Å²) in [4.78, 5) is -0.469. The maximum atomic E-state index is 12.0. The van der Waals surface area contributed by atoms with E-state index in [1.165, 1.54) is 48.5 Å². The van der Waals surface area contributed by atoms with Gasteiger partial charge in [0.05, 0.1) is 0 Å². The first-order valence-electron chi connectivity index (χ1n) is 5.42. The Kier molecular flexibility index (Phi) is 3.80. The van der Waals surface area contributed by atoms with Gasteiger partial charge in [-0.2, -0.15) is 8.42 Å². The molecule has 0 bridgehead atoms. The summed E-state index contributed by atoms with van der Waals surface area (Å²) in [6.07, 6.45) is 0. The van der Waals surface area contributed by atoms with Crippen molar-refractivity contribution in [1.29, 1.82) is 0 Å². The van der Waals surface area contributed by atoms with Crippen LogP contribution in [0.2, 0.25) is 0 Å². The Balaban J connectivity index is 2.46. The van der Waals surface area contributed by atoms with Gasteiger partial charge in [-0.05, 0) is 24.3 Å². The molecule has 0 unspecified atom stereocenters. The number of benzene rings is 2. The van der Waals surface area contributed by atoms with E-state index in [-0.39, 0.29) is 15.5 Å². The molecule has 0 spiro atoms. The average Bonchev–Trinajstić information content (AvgIpc) is 2.39. The van der Waals surface area contributed by atoms with Crippen LogP contribution < -0.4 is 9.32 Å². The van der Waals surface area contributed by atoms with Crippen LogP contribution in [0.25, 0.3) is 0 Å². The molecule has 8 heteroatoms. The van der Waals surface area contributed by atoms with Crippen molar-refractivity contribution in [2.75, 3.05) is 0 Å². The van der Waals surface area contributed by atoms with E-state index in [1.54, 1.807) is 6.07 Å². The van der Waals surface area contributed by atoms with E-state index in [1.807, 2.05) is 0 Å². The van der Waals surface area contributed by atoms with Gasteiger partial charge in [0.25, 0.3) is 0 Å². The molecule has 106 valence electrons. The second-order valence-corrected chi connectivity index (χ2v) is 6.92. The maximum Gasteiger partial charge on any atom is 0.339 e. The normalized spacial score (nSPS) is 12.1. The summed E-state index contributed by atoms with van der Waals surface area (Å²) in [7, 11) is -8.19. The standard InChI is InChI=1S/C12H11NO5S2/c13-19(14,15)12-9-5-4-8-11(12)18-20(16,17)10-6-2-1-3-7-10/h1-9H,(H2,13,14,15). The monoisotopic (exact) mass is 313 g/mol. The topological polar surface area (TPSA) is 104 Å². The van der Waals surface area contributed by atoms with Crippen LogP contribution >= 0.6 is 0 Å². The lowest BCUT2D eigenvalue weighted by Gasteiger charge is -2.09. The largest absolute Gasteiger partial charge is 0.378 e. The molecule has 0 aliphatic heterocycles. The zero-order valence-corrected chi connectivity index (χ0v) is 11.8. The SMILES string of the molecule is NS(=O)(=O)c1ccccc1OS(=O)(=O)c1ccccc1. The molecule has 0 aliphatic rings. The van der Waals surface area contributed by atoms with Crippen LogP contribution in [0.1, 0.15) is 0 Å². The highest BCUT2D eigenvalue weighted by Gasteiger charge is 2.21. The smallest absolute Gasteiger partial charge is 0.339 e. The van der Waals surface area contributed by atoms with Crippen molar-refractivity contribution in [2.45, 2.75) is 9.79 Å².